The highest BCUT2D eigenvalue weighted by molar-refractivity contribution is 6.02. The zero-order valence-corrected chi connectivity index (χ0v) is 15.6. The van der Waals surface area contributed by atoms with Crippen LogP contribution in [0.3, 0.4) is 0 Å². The fourth-order valence-electron chi connectivity index (χ4n) is 3.37. The molecule has 0 aromatic heterocycles. The number of aryl methyl sites for hydroxylation is 2. The van der Waals surface area contributed by atoms with E-state index < -0.39 is 40.9 Å². The van der Waals surface area contributed by atoms with E-state index in [-0.39, 0.29) is 11.1 Å². The van der Waals surface area contributed by atoms with Gasteiger partial charge in [0.05, 0.1) is 6.54 Å². The summed E-state index contributed by atoms with van der Waals surface area (Å²) in [5.41, 5.74) is 5.37. The molecule has 3 rings (SSSR count). The molecule has 0 unspecified atom stereocenters. The lowest BCUT2D eigenvalue weighted by atomic mass is 10.0. The van der Waals surface area contributed by atoms with Crippen molar-refractivity contribution in [2.45, 2.75) is 26.4 Å². The molecule has 1 aliphatic heterocycles. The van der Waals surface area contributed by atoms with Gasteiger partial charge in [-0.15, -0.1) is 26.3 Å². The SMILES string of the molecule is Cc1ccc(C2=C(c3ccc(C)cc3)[N+](C(F)(F)F)(C(F)(F)F)C(CN)=N2)cc1. The Balaban J connectivity index is 2.46. The van der Waals surface area contributed by atoms with Crippen LogP contribution in [0.1, 0.15) is 22.3 Å². The van der Waals surface area contributed by atoms with E-state index in [4.69, 9.17) is 5.73 Å². The van der Waals surface area contributed by atoms with Crippen LogP contribution in [0.15, 0.2) is 53.5 Å². The molecule has 0 saturated carbocycles. The number of amidine groups is 1. The molecular formula is C20H18F6N3+. The number of benzene rings is 2. The molecule has 0 saturated heterocycles. The van der Waals surface area contributed by atoms with E-state index in [1.54, 1.807) is 26.0 Å². The summed E-state index contributed by atoms with van der Waals surface area (Å²) in [6.07, 6.45) is -11.5. The van der Waals surface area contributed by atoms with Crippen molar-refractivity contribution in [2.24, 2.45) is 10.7 Å². The Kier molecular flexibility index (Phi) is 5.08. The second kappa shape index (κ2) is 7.00. The van der Waals surface area contributed by atoms with Crippen LogP contribution in [0.5, 0.6) is 0 Å². The molecule has 154 valence electrons. The predicted octanol–water partition coefficient (Wildman–Crippen LogP) is 5.36. The maximum Gasteiger partial charge on any atom is 0.579 e. The molecule has 0 bridgehead atoms. The van der Waals surface area contributed by atoms with Gasteiger partial charge in [0.15, 0.2) is 5.70 Å². The van der Waals surface area contributed by atoms with Crippen molar-refractivity contribution in [1.82, 2.24) is 0 Å². The maximum atomic E-state index is 14.2. The van der Waals surface area contributed by atoms with Crippen molar-refractivity contribution in [3.05, 3.63) is 70.8 Å². The molecule has 2 aromatic rings. The zero-order valence-electron chi connectivity index (χ0n) is 15.6. The summed E-state index contributed by atoms with van der Waals surface area (Å²) in [7, 11) is 0. The number of nitrogens with zero attached hydrogens (tertiary/aromatic N) is 2. The number of nitrogens with two attached hydrogens (primary N) is 1. The van der Waals surface area contributed by atoms with Gasteiger partial charge in [-0.1, -0.05) is 52.0 Å². The van der Waals surface area contributed by atoms with E-state index in [1.165, 1.54) is 36.4 Å². The molecule has 0 spiro atoms. The van der Waals surface area contributed by atoms with E-state index >= 15 is 0 Å². The summed E-state index contributed by atoms with van der Waals surface area (Å²) < 4.78 is 81.8. The lowest BCUT2D eigenvalue weighted by Gasteiger charge is -2.37. The molecule has 0 amide bonds. The van der Waals surface area contributed by atoms with Crippen molar-refractivity contribution in [3.63, 3.8) is 0 Å². The average Bonchev–Trinajstić information content (AvgIpc) is 2.99. The highest BCUT2D eigenvalue weighted by Crippen LogP contribution is 2.55. The topological polar surface area (TPSA) is 38.4 Å². The zero-order chi connectivity index (χ0) is 21.6. The molecule has 1 heterocycles. The van der Waals surface area contributed by atoms with Gasteiger partial charge in [-0.2, -0.15) is 4.99 Å². The van der Waals surface area contributed by atoms with Crippen LogP contribution in [-0.2, 0) is 0 Å². The highest BCUT2D eigenvalue weighted by atomic mass is 19.4. The van der Waals surface area contributed by atoms with Gasteiger partial charge in [-0.3, -0.25) is 0 Å². The highest BCUT2D eigenvalue weighted by Gasteiger charge is 2.79. The van der Waals surface area contributed by atoms with Crippen molar-refractivity contribution >= 4 is 17.2 Å². The Morgan fingerprint density at radius 1 is 0.759 bits per heavy atom. The monoisotopic (exact) mass is 414 g/mol. The molecule has 0 fully saturated rings. The minimum atomic E-state index is -5.75. The Morgan fingerprint density at radius 3 is 1.55 bits per heavy atom. The smallest absolute Gasteiger partial charge is 0.321 e. The standard InChI is InChI=1S/C20H18F6N3/c1-12-3-7-14(8-4-12)17-18(15-9-5-13(2)6-10-15)29(19(21,22)23,20(24,25)26)16(11-27)28-17/h3-10H,11,27H2,1-2H3/q+1. The number of halogens is 6. The molecule has 2 aromatic carbocycles. The molecular weight excluding hydrogens is 396 g/mol. The summed E-state index contributed by atoms with van der Waals surface area (Å²) in [6.45, 7) is 2.43. The summed E-state index contributed by atoms with van der Waals surface area (Å²) in [5, 5.41) is 0. The molecule has 3 nitrogen and oxygen atoms in total. The van der Waals surface area contributed by atoms with E-state index in [0.29, 0.717) is 5.56 Å². The molecule has 0 aliphatic carbocycles. The molecule has 2 N–H and O–H groups in total. The van der Waals surface area contributed by atoms with E-state index in [1.807, 2.05) is 0 Å². The van der Waals surface area contributed by atoms with Crippen molar-refractivity contribution < 1.29 is 30.8 Å². The van der Waals surface area contributed by atoms with Gasteiger partial charge >= 0.3 is 12.6 Å². The van der Waals surface area contributed by atoms with Gasteiger partial charge in [-0.25, -0.2) is 0 Å². The minimum Gasteiger partial charge on any atom is -0.321 e. The first kappa shape index (κ1) is 21.1. The van der Waals surface area contributed by atoms with Crippen LogP contribution in [0.25, 0.3) is 11.4 Å². The quantitative estimate of drug-likeness (QED) is 0.410. The van der Waals surface area contributed by atoms with Gasteiger partial charge in [0.25, 0.3) is 0 Å². The van der Waals surface area contributed by atoms with Crippen LogP contribution in [-0.4, -0.2) is 29.5 Å². The first-order valence-electron chi connectivity index (χ1n) is 8.63. The van der Waals surface area contributed by atoms with E-state index in [9.17, 15) is 26.3 Å². The minimum absolute atomic E-state index is 0.144. The van der Waals surface area contributed by atoms with Crippen LogP contribution >= 0.6 is 0 Å². The van der Waals surface area contributed by atoms with Crippen molar-refractivity contribution in [1.29, 1.82) is 0 Å². The molecule has 0 atom stereocenters. The van der Waals surface area contributed by atoms with E-state index in [2.05, 4.69) is 4.99 Å². The summed E-state index contributed by atoms with van der Waals surface area (Å²) >= 11 is 0. The lowest BCUT2D eigenvalue weighted by Crippen LogP contribution is -2.67. The summed E-state index contributed by atoms with van der Waals surface area (Å²) in [6, 6.07) is 11.5. The second-order valence-electron chi connectivity index (χ2n) is 6.77. The normalized spacial score (nSPS) is 16.9. The van der Waals surface area contributed by atoms with Crippen LogP contribution in [0.4, 0.5) is 26.3 Å². The third-order valence-electron chi connectivity index (χ3n) is 4.78. The van der Waals surface area contributed by atoms with E-state index in [0.717, 1.165) is 5.56 Å². The number of alkyl halides is 6. The van der Waals surface area contributed by atoms with Gasteiger partial charge in [0.1, 0.15) is 5.70 Å². The fourth-order valence-corrected chi connectivity index (χ4v) is 3.37. The van der Waals surface area contributed by atoms with Gasteiger partial charge in [-0.05, 0) is 26.0 Å². The number of hydrogen-bond donors (Lipinski definition) is 1. The molecule has 0 radical (unpaired) electrons. The first-order valence-corrected chi connectivity index (χ1v) is 8.63. The van der Waals surface area contributed by atoms with Crippen LogP contribution < -0.4 is 5.73 Å². The van der Waals surface area contributed by atoms with Gasteiger partial charge < -0.3 is 5.73 Å². The third kappa shape index (κ3) is 3.24. The molecule has 29 heavy (non-hydrogen) atoms. The van der Waals surface area contributed by atoms with Crippen molar-refractivity contribution in [3.8, 4) is 0 Å². The third-order valence-corrected chi connectivity index (χ3v) is 4.78. The molecule has 1 aliphatic rings. The van der Waals surface area contributed by atoms with Gasteiger partial charge in [0, 0.05) is 11.1 Å². The first-order chi connectivity index (χ1) is 13.4. The van der Waals surface area contributed by atoms with Gasteiger partial charge in [0.2, 0.25) is 5.84 Å². The Morgan fingerprint density at radius 2 is 1.17 bits per heavy atom. The summed E-state index contributed by atoms with van der Waals surface area (Å²) in [5.74, 6) is -1.23. The number of hydrogen-bond acceptors (Lipinski definition) is 2. The van der Waals surface area contributed by atoms with Crippen molar-refractivity contribution in [2.75, 3.05) is 6.54 Å². The maximum absolute atomic E-state index is 14.2. The Bertz CT molecular complexity index is 953. The Labute approximate surface area is 163 Å². The second-order valence-corrected chi connectivity index (χ2v) is 6.77. The fraction of sp³-hybridized carbons (Fsp3) is 0.250. The summed E-state index contributed by atoms with van der Waals surface area (Å²) in [4.78, 5) is 3.78. The Hall–Kier alpha value is -2.65. The van der Waals surface area contributed by atoms with Crippen LogP contribution in [0, 0.1) is 13.8 Å². The average molecular weight is 414 g/mol. The predicted molar refractivity (Wildman–Crippen MR) is 98.0 cm³/mol. The molecule has 9 heteroatoms. The lowest BCUT2D eigenvalue weighted by molar-refractivity contribution is -0.990. The van der Waals surface area contributed by atoms with Crippen LogP contribution in [0.2, 0.25) is 0 Å². The number of rotatable bonds is 3. The number of aliphatic imine (C=N–C) groups is 1. The number of quaternary nitrogens is 1. The largest absolute Gasteiger partial charge is 0.579 e.